The first kappa shape index (κ1) is 13.3. The van der Waals surface area contributed by atoms with Gasteiger partial charge >= 0.3 is 0 Å². The van der Waals surface area contributed by atoms with Gasteiger partial charge in [-0.25, -0.2) is 0 Å². The van der Waals surface area contributed by atoms with Crippen LogP contribution in [-0.4, -0.2) is 48.9 Å². The molecule has 0 spiro atoms. The van der Waals surface area contributed by atoms with E-state index in [1.165, 1.54) is 12.8 Å². The van der Waals surface area contributed by atoms with Gasteiger partial charge in [0, 0.05) is 32.1 Å². The predicted octanol–water partition coefficient (Wildman–Crippen LogP) is 0.257. The number of nitrogens with one attached hydrogen (secondary N) is 2. The fraction of sp³-hybridized carbons (Fsp3) is 0.846. The molecule has 0 aliphatic carbocycles. The fourth-order valence-electron chi connectivity index (χ4n) is 2.62. The standard InChI is InChI=1S/C13H23N3O2/c17-12-6-5-11(15-12)9-14-10-13(18)16-7-3-1-2-4-8-16/h11,14H,1-10H2,(H,15,17). The van der Waals surface area contributed by atoms with Gasteiger partial charge in [0.25, 0.3) is 0 Å². The van der Waals surface area contributed by atoms with E-state index in [9.17, 15) is 9.59 Å². The number of carbonyl (C=O) groups is 2. The number of carbonyl (C=O) groups excluding carboxylic acids is 2. The molecule has 0 aromatic rings. The van der Waals surface area contributed by atoms with Gasteiger partial charge in [-0.2, -0.15) is 0 Å². The van der Waals surface area contributed by atoms with Crippen LogP contribution in [0, 0.1) is 0 Å². The van der Waals surface area contributed by atoms with E-state index in [4.69, 9.17) is 0 Å². The van der Waals surface area contributed by atoms with Crippen molar-refractivity contribution in [3.05, 3.63) is 0 Å². The minimum Gasteiger partial charge on any atom is -0.352 e. The van der Waals surface area contributed by atoms with Gasteiger partial charge in [0.15, 0.2) is 0 Å². The molecule has 18 heavy (non-hydrogen) atoms. The second kappa shape index (κ2) is 6.73. The Morgan fingerprint density at radius 1 is 1.28 bits per heavy atom. The van der Waals surface area contributed by atoms with Crippen molar-refractivity contribution in [2.45, 2.75) is 44.6 Å². The second-order valence-electron chi connectivity index (χ2n) is 5.23. The van der Waals surface area contributed by atoms with Crippen LogP contribution >= 0.6 is 0 Å². The van der Waals surface area contributed by atoms with Crippen molar-refractivity contribution in [3.63, 3.8) is 0 Å². The van der Waals surface area contributed by atoms with E-state index in [1.54, 1.807) is 0 Å². The Bertz CT molecular complexity index is 299. The predicted molar refractivity (Wildman–Crippen MR) is 69.1 cm³/mol. The molecule has 2 rings (SSSR count). The first-order valence-corrected chi connectivity index (χ1v) is 7.03. The number of hydrogen-bond acceptors (Lipinski definition) is 3. The Morgan fingerprint density at radius 2 is 2.00 bits per heavy atom. The lowest BCUT2D eigenvalue weighted by Gasteiger charge is -2.21. The first-order chi connectivity index (χ1) is 8.75. The van der Waals surface area contributed by atoms with Crippen LogP contribution in [0.3, 0.4) is 0 Å². The summed E-state index contributed by atoms with van der Waals surface area (Å²) < 4.78 is 0. The molecule has 0 aromatic carbocycles. The van der Waals surface area contributed by atoms with Gasteiger partial charge in [-0.05, 0) is 19.3 Å². The molecule has 2 heterocycles. The Kier molecular flexibility index (Phi) is 4.99. The minimum atomic E-state index is 0.126. The third kappa shape index (κ3) is 3.98. The molecule has 2 aliphatic rings. The number of amides is 2. The highest BCUT2D eigenvalue weighted by Gasteiger charge is 2.21. The summed E-state index contributed by atoms with van der Waals surface area (Å²) in [6, 6.07) is 0.203. The van der Waals surface area contributed by atoms with E-state index in [0.717, 1.165) is 32.4 Å². The normalized spacial score (nSPS) is 24.8. The molecule has 2 fully saturated rings. The summed E-state index contributed by atoms with van der Waals surface area (Å²) in [6.45, 7) is 2.90. The van der Waals surface area contributed by atoms with Crippen LogP contribution in [0.5, 0.6) is 0 Å². The van der Waals surface area contributed by atoms with Crippen LogP contribution in [0.25, 0.3) is 0 Å². The van der Waals surface area contributed by atoms with Crippen molar-refractivity contribution < 1.29 is 9.59 Å². The quantitative estimate of drug-likeness (QED) is 0.755. The molecule has 0 radical (unpaired) electrons. The number of rotatable bonds is 4. The van der Waals surface area contributed by atoms with Gasteiger partial charge in [0.1, 0.15) is 0 Å². The molecular weight excluding hydrogens is 230 g/mol. The molecule has 1 unspecified atom stereocenters. The maximum atomic E-state index is 12.0. The van der Waals surface area contributed by atoms with Gasteiger partial charge in [-0.3, -0.25) is 9.59 Å². The van der Waals surface area contributed by atoms with Crippen LogP contribution in [-0.2, 0) is 9.59 Å². The Morgan fingerprint density at radius 3 is 2.61 bits per heavy atom. The van der Waals surface area contributed by atoms with Gasteiger partial charge in [0.05, 0.1) is 6.54 Å². The van der Waals surface area contributed by atoms with E-state index in [2.05, 4.69) is 10.6 Å². The van der Waals surface area contributed by atoms with Crippen LogP contribution in [0.1, 0.15) is 38.5 Å². The zero-order valence-electron chi connectivity index (χ0n) is 10.9. The lowest BCUT2D eigenvalue weighted by atomic mass is 10.2. The van der Waals surface area contributed by atoms with Crippen molar-refractivity contribution in [2.75, 3.05) is 26.2 Å². The highest BCUT2D eigenvalue weighted by molar-refractivity contribution is 5.79. The number of nitrogens with zero attached hydrogens (tertiary/aromatic N) is 1. The minimum absolute atomic E-state index is 0.126. The summed E-state index contributed by atoms with van der Waals surface area (Å²) in [5, 5.41) is 6.05. The summed E-state index contributed by atoms with van der Waals surface area (Å²) in [6.07, 6.45) is 6.24. The Hall–Kier alpha value is -1.10. The molecule has 5 nitrogen and oxygen atoms in total. The zero-order valence-corrected chi connectivity index (χ0v) is 10.9. The maximum absolute atomic E-state index is 12.0. The first-order valence-electron chi connectivity index (χ1n) is 7.03. The molecule has 2 amide bonds. The van der Waals surface area contributed by atoms with Crippen molar-refractivity contribution >= 4 is 11.8 Å². The molecule has 2 N–H and O–H groups in total. The van der Waals surface area contributed by atoms with Gasteiger partial charge in [-0.15, -0.1) is 0 Å². The lowest BCUT2D eigenvalue weighted by molar-refractivity contribution is -0.130. The van der Waals surface area contributed by atoms with Crippen molar-refractivity contribution in [1.29, 1.82) is 0 Å². The Labute approximate surface area is 108 Å². The lowest BCUT2D eigenvalue weighted by Crippen LogP contribution is -2.42. The molecule has 5 heteroatoms. The summed E-state index contributed by atoms with van der Waals surface area (Å²) in [5.74, 6) is 0.321. The van der Waals surface area contributed by atoms with Crippen LogP contribution < -0.4 is 10.6 Å². The highest BCUT2D eigenvalue weighted by atomic mass is 16.2. The molecule has 1 atom stereocenters. The summed E-state index contributed by atoms with van der Waals surface area (Å²) >= 11 is 0. The highest BCUT2D eigenvalue weighted by Crippen LogP contribution is 2.09. The number of hydrogen-bond donors (Lipinski definition) is 2. The third-order valence-electron chi connectivity index (χ3n) is 3.71. The van der Waals surface area contributed by atoms with Gasteiger partial charge < -0.3 is 15.5 Å². The topological polar surface area (TPSA) is 61.4 Å². The third-order valence-corrected chi connectivity index (χ3v) is 3.71. The van der Waals surface area contributed by atoms with E-state index >= 15 is 0 Å². The summed E-state index contributed by atoms with van der Waals surface area (Å²) in [4.78, 5) is 25.0. The summed E-state index contributed by atoms with van der Waals surface area (Å²) in [7, 11) is 0. The van der Waals surface area contributed by atoms with Gasteiger partial charge in [-0.1, -0.05) is 12.8 Å². The summed E-state index contributed by atoms with van der Waals surface area (Å²) in [5.41, 5.74) is 0. The van der Waals surface area contributed by atoms with Crippen molar-refractivity contribution in [3.8, 4) is 0 Å². The average Bonchev–Trinajstić information content (AvgIpc) is 2.63. The van der Waals surface area contributed by atoms with Crippen molar-refractivity contribution in [2.24, 2.45) is 0 Å². The van der Waals surface area contributed by atoms with E-state index in [1.807, 2.05) is 4.90 Å². The molecule has 0 aromatic heterocycles. The fourth-order valence-corrected chi connectivity index (χ4v) is 2.62. The number of likely N-dealkylation sites (tertiary alicyclic amines) is 1. The van der Waals surface area contributed by atoms with Gasteiger partial charge in [0.2, 0.25) is 11.8 Å². The molecule has 0 saturated carbocycles. The van der Waals surface area contributed by atoms with E-state index in [0.29, 0.717) is 19.5 Å². The molecule has 2 aliphatic heterocycles. The van der Waals surface area contributed by atoms with Crippen molar-refractivity contribution in [1.82, 2.24) is 15.5 Å². The SMILES string of the molecule is O=C1CCC(CNCC(=O)N2CCCCCC2)N1. The molecule has 0 bridgehead atoms. The monoisotopic (exact) mass is 253 g/mol. The van der Waals surface area contributed by atoms with Crippen LogP contribution in [0.2, 0.25) is 0 Å². The average molecular weight is 253 g/mol. The zero-order chi connectivity index (χ0) is 12.8. The molecular formula is C13H23N3O2. The van der Waals surface area contributed by atoms with Crippen LogP contribution in [0.4, 0.5) is 0 Å². The van der Waals surface area contributed by atoms with E-state index < -0.39 is 0 Å². The second-order valence-corrected chi connectivity index (χ2v) is 5.23. The molecule has 102 valence electrons. The van der Waals surface area contributed by atoms with Crippen LogP contribution in [0.15, 0.2) is 0 Å². The van der Waals surface area contributed by atoms with E-state index in [-0.39, 0.29) is 17.9 Å². The Balaban J connectivity index is 1.63. The molecule has 2 saturated heterocycles. The smallest absolute Gasteiger partial charge is 0.236 e. The maximum Gasteiger partial charge on any atom is 0.236 e. The largest absolute Gasteiger partial charge is 0.352 e.